The quantitative estimate of drug-likeness (QED) is 0.0409. The first kappa shape index (κ1) is 61.6. The van der Waals surface area contributed by atoms with Crippen LogP contribution < -0.4 is 0 Å². The average Bonchev–Trinajstić information content (AvgIpc) is 3.92. The van der Waals surface area contributed by atoms with Crippen LogP contribution in [0.3, 0.4) is 0 Å². The van der Waals surface area contributed by atoms with Crippen molar-refractivity contribution in [2.45, 2.75) is 178 Å². The van der Waals surface area contributed by atoms with Crippen LogP contribution in [0.15, 0.2) is 161 Å². The van der Waals surface area contributed by atoms with Crippen LogP contribution in [0.5, 0.6) is 0 Å². The summed E-state index contributed by atoms with van der Waals surface area (Å²) in [5.74, 6) is -0.224. The number of carbonyl (C=O) groups excluding carboxylic acids is 2. The van der Waals surface area contributed by atoms with E-state index in [4.69, 9.17) is 9.47 Å². The van der Waals surface area contributed by atoms with Gasteiger partial charge in [0.05, 0.1) is 11.7 Å². The predicted octanol–water partition coefficient (Wildman–Crippen LogP) is 16.6. The summed E-state index contributed by atoms with van der Waals surface area (Å²) in [5, 5.41) is 0. The molecule has 0 aliphatic carbocycles. The maximum atomic E-state index is 10.5. The fourth-order valence-corrected chi connectivity index (χ4v) is 6.66. The minimum absolute atomic E-state index is 0.143. The van der Waals surface area contributed by atoms with Crippen molar-refractivity contribution in [3.8, 4) is 0 Å². The number of ether oxygens (including phenoxy) is 2. The summed E-state index contributed by atoms with van der Waals surface area (Å²) in [4.78, 5) is 20.6. The summed E-state index contributed by atoms with van der Waals surface area (Å²) in [6.45, 7) is 23.3. The van der Waals surface area contributed by atoms with Crippen molar-refractivity contribution in [2.24, 2.45) is 0 Å². The lowest BCUT2D eigenvalue weighted by Crippen LogP contribution is -2.02. The summed E-state index contributed by atoms with van der Waals surface area (Å²) in [5.41, 5.74) is 12.7. The Kier molecular flexibility index (Phi) is 37.1. The van der Waals surface area contributed by atoms with E-state index in [0.717, 1.165) is 64.1 Å². The number of epoxide rings is 1. The first-order valence-corrected chi connectivity index (χ1v) is 25.4. The molecule has 1 fully saturated rings. The van der Waals surface area contributed by atoms with E-state index >= 15 is 0 Å². The molecule has 1 aliphatic rings. The van der Waals surface area contributed by atoms with Crippen molar-refractivity contribution < 1.29 is 19.1 Å². The van der Waals surface area contributed by atoms with Gasteiger partial charge in [0.25, 0.3) is 0 Å². The van der Waals surface area contributed by atoms with Gasteiger partial charge in [0.1, 0.15) is 12.9 Å². The Morgan fingerprint density at radius 1 is 0.515 bits per heavy atom. The largest absolute Gasteiger partial charge is 0.462 e. The number of carbonyl (C=O) groups is 2. The number of hydrogen-bond donors (Lipinski definition) is 0. The first-order chi connectivity index (χ1) is 31.6. The SMILES string of the molecule is C/C(=C\CCc1ccccc1)CCC1OC1(C)C.C/C(=C\CCc1ccccc1)CCC=O.CC(=O)OC/C=C(\C)CCC=C(C)C.CC(C)=CCC/C(C)=C/CCc1ccccc1.S=S. The highest BCUT2D eigenvalue weighted by Crippen LogP contribution is 2.39. The molecule has 1 atom stereocenters. The van der Waals surface area contributed by atoms with Crippen LogP contribution in [-0.2, 0) is 60.7 Å². The van der Waals surface area contributed by atoms with Crippen LogP contribution in [0, 0.1) is 0 Å². The smallest absolute Gasteiger partial charge is 0.302 e. The zero-order valence-electron chi connectivity index (χ0n) is 42.8. The van der Waals surface area contributed by atoms with Gasteiger partial charge in [0.15, 0.2) is 0 Å². The van der Waals surface area contributed by atoms with Crippen LogP contribution in [0.25, 0.3) is 0 Å². The van der Waals surface area contributed by atoms with Gasteiger partial charge in [-0.15, -0.1) is 0 Å². The van der Waals surface area contributed by atoms with Gasteiger partial charge >= 0.3 is 5.97 Å². The van der Waals surface area contributed by atoms with Crippen LogP contribution in [0.2, 0.25) is 0 Å². The van der Waals surface area contributed by atoms with E-state index in [0.29, 0.717) is 19.1 Å². The molecule has 4 nitrogen and oxygen atoms in total. The highest BCUT2D eigenvalue weighted by Gasteiger charge is 2.46. The Balaban J connectivity index is 0.000000847. The van der Waals surface area contributed by atoms with E-state index < -0.39 is 0 Å². The van der Waals surface area contributed by atoms with Crippen LogP contribution in [0.4, 0.5) is 0 Å². The highest BCUT2D eigenvalue weighted by atomic mass is 32.8. The second-order valence-corrected chi connectivity index (χ2v) is 18.2. The van der Waals surface area contributed by atoms with Crippen molar-refractivity contribution in [3.63, 3.8) is 0 Å². The van der Waals surface area contributed by atoms with Crippen LogP contribution in [0.1, 0.15) is 163 Å². The Morgan fingerprint density at radius 3 is 1.17 bits per heavy atom. The maximum absolute atomic E-state index is 10.5. The van der Waals surface area contributed by atoms with Gasteiger partial charge in [-0.2, -0.15) is 0 Å². The number of allylic oxidation sites excluding steroid dienone is 11. The molecule has 362 valence electrons. The predicted molar refractivity (Wildman–Crippen MR) is 291 cm³/mol. The summed E-state index contributed by atoms with van der Waals surface area (Å²) in [6, 6.07) is 31.9. The maximum Gasteiger partial charge on any atom is 0.302 e. The van der Waals surface area contributed by atoms with E-state index in [1.807, 2.05) is 12.1 Å². The van der Waals surface area contributed by atoms with Crippen molar-refractivity contribution in [1.29, 1.82) is 0 Å². The van der Waals surface area contributed by atoms with Gasteiger partial charge in [-0.25, -0.2) is 0 Å². The molecule has 1 aliphatic heterocycles. The fourth-order valence-electron chi connectivity index (χ4n) is 6.66. The monoisotopic (exact) mass is 935 g/mol. The molecule has 6 heteroatoms. The van der Waals surface area contributed by atoms with Gasteiger partial charge in [-0.1, -0.05) is 155 Å². The second kappa shape index (κ2) is 39.8. The fraction of sp³-hybridized carbons (Fsp3) is 0.467. The second-order valence-electron chi connectivity index (χ2n) is 18.2. The number of aryl methyl sites for hydroxylation is 3. The number of benzene rings is 3. The third kappa shape index (κ3) is 37.8. The molecular weight excluding hydrogens is 849 g/mol. The molecule has 0 bridgehead atoms. The van der Waals surface area contributed by atoms with Gasteiger partial charge in [-0.05, 0) is 175 Å². The van der Waals surface area contributed by atoms with Crippen LogP contribution in [-0.4, -0.2) is 30.6 Å². The molecule has 1 heterocycles. The highest BCUT2D eigenvalue weighted by molar-refractivity contribution is 8.07. The molecule has 0 spiro atoms. The molecule has 0 amide bonds. The Hall–Kier alpha value is -4.36. The summed E-state index contributed by atoms with van der Waals surface area (Å²) in [6.07, 6.45) is 30.0. The Bertz CT molecular complexity index is 1900. The number of hydrogen-bond acceptors (Lipinski definition) is 6. The molecule has 3 aromatic rings. The van der Waals surface area contributed by atoms with Crippen molar-refractivity contribution in [2.75, 3.05) is 6.61 Å². The zero-order valence-corrected chi connectivity index (χ0v) is 44.5. The molecule has 1 unspecified atom stereocenters. The first-order valence-electron chi connectivity index (χ1n) is 24.0. The molecule has 1 saturated heterocycles. The van der Waals surface area contributed by atoms with E-state index in [1.54, 1.807) is 0 Å². The molecule has 0 aromatic heterocycles. The topological polar surface area (TPSA) is 55.9 Å². The van der Waals surface area contributed by atoms with E-state index in [1.165, 1.54) is 82.7 Å². The molecule has 3 aromatic carbocycles. The lowest BCUT2D eigenvalue weighted by molar-refractivity contribution is -0.139. The van der Waals surface area contributed by atoms with Gasteiger partial charge in [-0.3, -0.25) is 4.79 Å². The summed E-state index contributed by atoms with van der Waals surface area (Å²) >= 11 is 7.33. The third-order valence-electron chi connectivity index (χ3n) is 10.8. The van der Waals surface area contributed by atoms with E-state index in [2.05, 4.69) is 207 Å². The summed E-state index contributed by atoms with van der Waals surface area (Å²) < 4.78 is 10.4. The molecule has 0 radical (unpaired) electrons. The third-order valence-corrected chi connectivity index (χ3v) is 10.8. The van der Waals surface area contributed by atoms with Crippen molar-refractivity contribution in [3.05, 3.63) is 178 Å². The minimum Gasteiger partial charge on any atom is -0.462 e. The number of aldehydes is 1. The molecule has 66 heavy (non-hydrogen) atoms. The van der Waals surface area contributed by atoms with E-state index in [9.17, 15) is 9.59 Å². The Labute approximate surface area is 413 Å². The Morgan fingerprint density at radius 2 is 0.848 bits per heavy atom. The zero-order chi connectivity index (χ0) is 49.4. The minimum atomic E-state index is -0.224. The molecule has 0 N–H and O–H groups in total. The van der Waals surface area contributed by atoms with Crippen LogP contribution >= 0.6 is 0 Å². The normalized spacial score (nSPS) is 13.9. The van der Waals surface area contributed by atoms with Crippen molar-refractivity contribution in [1.82, 2.24) is 0 Å². The van der Waals surface area contributed by atoms with Gasteiger partial charge in [0.2, 0.25) is 0 Å². The van der Waals surface area contributed by atoms with Crippen molar-refractivity contribution >= 4 is 34.6 Å². The lowest BCUT2D eigenvalue weighted by Gasteiger charge is -2.01. The number of rotatable bonds is 23. The molecule has 0 saturated carbocycles. The molecule has 4 rings (SSSR count). The van der Waals surface area contributed by atoms with E-state index in [-0.39, 0.29) is 11.6 Å². The summed E-state index contributed by atoms with van der Waals surface area (Å²) in [7, 11) is 0. The number of esters is 1. The van der Waals surface area contributed by atoms with Gasteiger partial charge in [0, 0.05) is 35.7 Å². The lowest BCUT2D eigenvalue weighted by atomic mass is 10.0. The average molecular weight is 935 g/mol. The van der Waals surface area contributed by atoms with Gasteiger partial charge < -0.3 is 14.3 Å². The molecular formula is C60H86O4S2. The standard InChI is InChI=1S/C17H24O.C17H24.C14H18O.C12H20O2.S2/c1-14(12-13-16-17(2,3)18-16)8-7-11-15-9-5-4-6-10-15;1-15(2)9-7-10-16(3)11-8-14-17-12-5-4-6-13-17;1-13(8-6-12-15)7-5-11-14-9-3-2-4-10-14;1-10(2)6-5-7-11(3)8-9-14-12(4)13;1-2/h4-6,8-10,16H,7,11-13H2,1-3H3;4-6,9,11-13H,7-8,10,14H2,1-3H3;2-4,7,9-10,12H,5-6,8,11H2,1H3;6,8H,5,7,9H2,1-4H3;/b14-8+;16-11+;13-7+;11-8+;.